The van der Waals surface area contributed by atoms with Crippen molar-refractivity contribution in [1.82, 2.24) is 4.31 Å². The van der Waals surface area contributed by atoms with E-state index in [9.17, 15) is 18.6 Å². The van der Waals surface area contributed by atoms with Crippen molar-refractivity contribution >= 4 is 15.7 Å². The minimum atomic E-state index is -3.86. The van der Waals surface area contributed by atoms with E-state index in [-0.39, 0.29) is 23.7 Å². The molecule has 1 aromatic carbocycles. The number of aliphatic hydroxyl groups is 2. The fraction of sp³-hybridized carbons (Fsp3) is 0.455. The maximum absolute atomic E-state index is 12.4. The SMILES string of the molecule is COc1ccc(N)cc1S(=O)(=O)N1C[C@@H](O)[C@@H](O)C1. The molecule has 0 bridgehead atoms. The number of aliphatic hydroxyl groups excluding tert-OH is 2. The molecule has 19 heavy (non-hydrogen) atoms. The third-order valence-electron chi connectivity index (χ3n) is 3.03. The standard InChI is InChI=1S/C11H16N2O5S/c1-18-10-3-2-7(12)4-11(10)19(16,17)13-5-8(14)9(15)6-13/h2-4,8-9,14-15H,5-6,12H2,1H3/t8-,9+. The molecule has 1 aliphatic heterocycles. The molecule has 0 aliphatic carbocycles. The topological polar surface area (TPSA) is 113 Å². The van der Waals surface area contributed by atoms with Gasteiger partial charge < -0.3 is 20.7 Å². The van der Waals surface area contributed by atoms with Crippen molar-refractivity contribution < 1.29 is 23.4 Å². The number of hydrogen-bond acceptors (Lipinski definition) is 6. The number of β-amino-alcohol motifs (C(OH)–C–C–N with tert-alkyl or cyclic N) is 2. The molecule has 0 amide bonds. The van der Waals surface area contributed by atoms with Crippen LogP contribution in [-0.2, 0) is 10.0 Å². The summed E-state index contributed by atoms with van der Waals surface area (Å²) < 4.78 is 30.9. The molecule has 8 heteroatoms. The first kappa shape index (κ1) is 14.1. The molecular formula is C11H16N2O5S. The summed E-state index contributed by atoms with van der Waals surface area (Å²) in [6.07, 6.45) is -2.16. The Labute approximate surface area is 111 Å². The Morgan fingerprint density at radius 3 is 2.42 bits per heavy atom. The number of nitrogen functional groups attached to an aromatic ring is 1. The third-order valence-corrected chi connectivity index (χ3v) is 4.88. The van der Waals surface area contributed by atoms with Crippen LogP contribution in [0.2, 0.25) is 0 Å². The number of nitrogens with zero attached hydrogens (tertiary/aromatic N) is 1. The van der Waals surface area contributed by atoms with Gasteiger partial charge in [0.25, 0.3) is 0 Å². The van der Waals surface area contributed by atoms with Crippen molar-refractivity contribution in [2.45, 2.75) is 17.1 Å². The maximum Gasteiger partial charge on any atom is 0.247 e. The molecule has 0 unspecified atom stereocenters. The van der Waals surface area contributed by atoms with Crippen LogP contribution < -0.4 is 10.5 Å². The first-order chi connectivity index (χ1) is 8.86. The first-order valence-electron chi connectivity index (χ1n) is 5.66. The molecule has 0 aromatic heterocycles. The second-order valence-corrected chi connectivity index (χ2v) is 6.27. The van der Waals surface area contributed by atoms with Gasteiger partial charge in [-0.2, -0.15) is 4.31 Å². The van der Waals surface area contributed by atoms with Gasteiger partial charge in [-0.1, -0.05) is 0 Å². The van der Waals surface area contributed by atoms with Crippen LogP contribution in [0.5, 0.6) is 5.75 Å². The highest BCUT2D eigenvalue weighted by Crippen LogP contribution is 2.30. The Balaban J connectivity index is 2.43. The molecule has 1 aromatic rings. The summed E-state index contributed by atoms with van der Waals surface area (Å²) in [5.74, 6) is 0.171. The molecule has 1 aliphatic rings. The smallest absolute Gasteiger partial charge is 0.247 e. The Bertz CT molecular complexity index is 564. The number of benzene rings is 1. The molecule has 0 radical (unpaired) electrons. The summed E-state index contributed by atoms with van der Waals surface area (Å²) >= 11 is 0. The minimum absolute atomic E-state index is 0.0729. The summed E-state index contributed by atoms with van der Waals surface area (Å²) in [7, 11) is -2.50. The highest BCUT2D eigenvalue weighted by Gasteiger charge is 2.38. The number of anilines is 1. The minimum Gasteiger partial charge on any atom is -0.495 e. The van der Waals surface area contributed by atoms with Crippen LogP contribution in [0.3, 0.4) is 0 Å². The van der Waals surface area contributed by atoms with Crippen molar-refractivity contribution in [3.63, 3.8) is 0 Å². The zero-order valence-electron chi connectivity index (χ0n) is 10.4. The Morgan fingerprint density at radius 1 is 1.32 bits per heavy atom. The number of nitrogens with two attached hydrogens (primary N) is 1. The molecule has 0 spiro atoms. The molecule has 1 saturated heterocycles. The Kier molecular flexibility index (Phi) is 3.68. The summed E-state index contributed by atoms with van der Waals surface area (Å²) in [5, 5.41) is 18.9. The molecule has 1 fully saturated rings. The highest BCUT2D eigenvalue weighted by atomic mass is 32.2. The van der Waals surface area contributed by atoms with Gasteiger partial charge in [0.2, 0.25) is 10.0 Å². The van der Waals surface area contributed by atoms with Gasteiger partial charge in [-0.15, -0.1) is 0 Å². The molecule has 2 rings (SSSR count). The number of hydrogen-bond donors (Lipinski definition) is 3. The van der Waals surface area contributed by atoms with Gasteiger partial charge in [0.15, 0.2) is 0 Å². The predicted molar refractivity (Wildman–Crippen MR) is 68.2 cm³/mol. The van der Waals surface area contributed by atoms with E-state index in [0.717, 1.165) is 4.31 Å². The van der Waals surface area contributed by atoms with Crippen LogP contribution in [0, 0.1) is 0 Å². The first-order valence-corrected chi connectivity index (χ1v) is 7.10. The lowest BCUT2D eigenvalue weighted by molar-refractivity contribution is 0.0572. The van der Waals surface area contributed by atoms with E-state index in [1.807, 2.05) is 0 Å². The van der Waals surface area contributed by atoms with Gasteiger partial charge in [-0.3, -0.25) is 0 Å². The summed E-state index contributed by atoms with van der Waals surface area (Å²) in [6, 6.07) is 4.29. The Hall–Kier alpha value is -1.35. The summed E-state index contributed by atoms with van der Waals surface area (Å²) in [6.45, 7) is -0.303. The molecule has 1 heterocycles. The largest absolute Gasteiger partial charge is 0.495 e. The number of sulfonamides is 1. The molecule has 4 N–H and O–H groups in total. The van der Waals surface area contributed by atoms with Gasteiger partial charge in [-0.25, -0.2) is 8.42 Å². The fourth-order valence-electron chi connectivity index (χ4n) is 1.97. The lowest BCUT2D eigenvalue weighted by atomic mass is 10.3. The average Bonchev–Trinajstić information content (AvgIpc) is 2.70. The maximum atomic E-state index is 12.4. The van der Waals surface area contributed by atoms with Crippen LogP contribution in [-0.4, -0.2) is 55.3 Å². The molecule has 7 nitrogen and oxygen atoms in total. The van der Waals surface area contributed by atoms with E-state index in [4.69, 9.17) is 10.5 Å². The van der Waals surface area contributed by atoms with E-state index in [0.29, 0.717) is 5.69 Å². The molecular weight excluding hydrogens is 272 g/mol. The third kappa shape index (κ3) is 2.52. The van der Waals surface area contributed by atoms with Crippen molar-refractivity contribution in [3.8, 4) is 5.75 Å². The summed E-state index contributed by atoms with van der Waals surface area (Å²) in [4.78, 5) is -0.0729. The predicted octanol–water partition coefficient (Wildman–Crippen LogP) is -0.997. The lowest BCUT2D eigenvalue weighted by Crippen LogP contribution is -2.30. The van der Waals surface area contributed by atoms with E-state index in [1.165, 1.54) is 25.3 Å². The van der Waals surface area contributed by atoms with Crippen LogP contribution in [0.15, 0.2) is 23.1 Å². The van der Waals surface area contributed by atoms with Crippen molar-refractivity contribution in [2.24, 2.45) is 0 Å². The van der Waals surface area contributed by atoms with Gasteiger partial charge in [0.05, 0.1) is 19.3 Å². The highest BCUT2D eigenvalue weighted by molar-refractivity contribution is 7.89. The second-order valence-electron chi connectivity index (χ2n) is 4.37. The molecule has 106 valence electrons. The van der Waals surface area contributed by atoms with E-state index < -0.39 is 22.2 Å². The normalized spacial score (nSPS) is 24.6. The summed E-state index contributed by atoms with van der Waals surface area (Å²) in [5.41, 5.74) is 5.89. The zero-order chi connectivity index (χ0) is 14.2. The van der Waals surface area contributed by atoms with E-state index in [2.05, 4.69) is 0 Å². The van der Waals surface area contributed by atoms with Crippen LogP contribution in [0.4, 0.5) is 5.69 Å². The monoisotopic (exact) mass is 288 g/mol. The lowest BCUT2D eigenvalue weighted by Gasteiger charge is -2.17. The molecule has 0 saturated carbocycles. The van der Waals surface area contributed by atoms with Crippen LogP contribution in [0.1, 0.15) is 0 Å². The zero-order valence-corrected chi connectivity index (χ0v) is 11.2. The second kappa shape index (κ2) is 4.97. The van der Waals surface area contributed by atoms with Crippen molar-refractivity contribution in [1.29, 1.82) is 0 Å². The van der Waals surface area contributed by atoms with Gasteiger partial charge >= 0.3 is 0 Å². The Morgan fingerprint density at radius 2 is 1.89 bits per heavy atom. The van der Waals surface area contributed by atoms with Gasteiger partial charge in [0.1, 0.15) is 10.6 Å². The molecule has 2 atom stereocenters. The van der Waals surface area contributed by atoms with Crippen LogP contribution >= 0.6 is 0 Å². The van der Waals surface area contributed by atoms with E-state index in [1.54, 1.807) is 0 Å². The number of rotatable bonds is 3. The quantitative estimate of drug-likeness (QED) is 0.615. The van der Waals surface area contributed by atoms with Crippen molar-refractivity contribution in [2.75, 3.05) is 25.9 Å². The van der Waals surface area contributed by atoms with Crippen LogP contribution in [0.25, 0.3) is 0 Å². The van der Waals surface area contributed by atoms with Crippen molar-refractivity contribution in [3.05, 3.63) is 18.2 Å². The van der Waals surface area contributed by atoms with E-state index >= 15 is 0 Å². The average molecular weight is 288 g/mol. The van der Waals surface area contributed by atoms with Gasteiger partial charge in [0, 0.05) is 18.8 Å². The number of ether oxygens (including phenoxy) is 1. The van der Waals surface area contributed by atoms with Gasteiger partial charge in [-0.05, 0) is 18.2 Å². The fourth-order valence-corrected chi connectivity index (χ4v) is 3.63. The number of methoxy groups -OCH3 is 1.